The predicted octanol–water partition coefficient (Wildman–Crippen LogP) is 5.16. The molecule has 0 saturated heterocycles. The van der Waals surface area contributed by atoms with Crippen LogP contribution in [0.1, 0.15) is 42.6 Å². The standard InChI is InChI=1S/C23H24N4O2/c1-15(2)17-7-9-19(10-8-17)27-23(29)18-11-22(14-24-13-18)26-21-6-4-5-20(12-21)25-16(3)28/h4-15,26H,1-3H3,(H,25,28)(H,27,29). The summed E-state index contributed by atoms with van der Waals surface area (Å²) in [4.78, 5) is 28.0. The van der Waals surface area contributed by atoms with Gasteiger partial charge < -0.3 is 16.0 Å². The first-order chi connectivity index (χ1) is 13.9. The fourth-order valence-electron chi connectivity index (χ4n) is 2.83. The number of hydrogen-bond donors (Lipinski definition) is 3. The summed E-state index contributed by atoms with van der Waals surface area (Å²) in [5, 5.41) is 8.83. The largest absolute Gasteiger partial charge is 0.354 e. The third-order valence-electron chi connectivity index (χ3n) is 4.31. The molecule has 0 aliphatic rings. The van der Waals surface area contributed by atoms with Crippen molar-refractivity contribution in [3.8, 4) is 0 Å². The molecule has 0 aliphatic carbocycles. The van der Waals surface area contributed by atoms with Gasteiger partial charge in [-0.1, -0.05) is 32.0 Å². The Morgan fingerprint density at radius 3 is 2.24 bits per heavy atom. The summed E-state index contributed by atoms with van der Waals surface area (Å²) >= 11 is 0. The van der Waals surface area contributed by atoms with Crippen molar-refractivity contribution in [1.29, 1.82) is 0 Å². The lowest BCUT2D eigenvalue weighted by molar-refractivity contribution is -0.114. The molecule has 3 N–H and O–H groups in total. The topological polar surface area (TPSA) is 83.1 Å². The molecule has 0 unspecified atom stereocenters. The van der Waals surface area contributed by atoms with Crippen LogP contribution in [0, 0.1) is 0 Å². The van der Waals surface area contributed by atoms with Crippen LogP contribution in [0.15, 0.2) is 67.0 Å². The Kier molecular flexibility index (Phi) is 6.24. The Morgan fingerprint density at radius 1 is 0.828 bits per heavy atom. The molecule has 2 amide bonds. The fourth-order valence-corrected chi connectivity index (χ4v) is 2.83. The maximum atomic E-state index is 12.6. The summed E-state index contributed by atoms with van der Waals surface area (Å²) in [6.45, 7) is 5.72. The van der Waals surface area contributed by atoms with E-state index in [1.807, 2.05) is 42.5 Å². The quantitative estimate of drug-likeness (QED) is 0.545. The summed E-state index contributed by atoms with van der Waals surface area (Å²) in [5.41, 5.74) is 4.54. The van der Waals surface area contributed by atoms with Crippen molar-refractivity contribution in [3.63, 3.8) is 0 Å². The molecule has 148 valence electrons. The molecular weight excluding hydrogens is 364 g/mol. The third-order valence-corrected chi connectivity index (χ3v) is 4.31. The normalized spacial score (nSPS) is 10.5. The van der Waals surface area contributed by atoms with E-state index in [-0.39, 0.29) is 11.8 Å². The number of carbonyl (C=O) groups is 2. The van der Waals surface area contributed by atoms with Crippen LogP contribution in [0.5, 0.6) is 0 Å². The van der Waals surface area contributed by atoms with E-state index in [1.165, 1.54) is 18.7 Å². The first-order valence-corrected chi connectivity index (χ1v) is 9.42. The maximum Gasteiger partial charge on any atom is 0.257 e. The fraction of sp³-hybridized carbons (Fsp3) is 0.174. The maximum absolute atomic E-state index is 12.6. The number of aromatic nitrogens is 1. The summed E-state index contributed by atoms with van der Waals surface area (Å²) in [5.74, 6) is 0.0743. The number of nitrogens with zero attached hydrogens (tertiary/aromatic N) is 1. The van der Waals surface area contributed by atoms with Gasteiger partial charge in [-0.15, -0.1) is 0 Å². The minimum Gasteiger partial charge on any atom is -0.354 e. The van der Waals surface area contributed by atoms with E-state index in [0.29, 0.717) is 22.9 Å². The van der Waals surface area contributed by atoms with E-state index in [0.717, 1.165) is 11.4 Å². The molecule has 0 radical (unpaired) electrons. The monoisotopic (exact) mass is 388 g/mol. The molecular formula is C23H24N4O2. The highest BCUT2D eigenvalue weighted by atomic mass is 16.2. The Balaban J connectivity index is 1.70. The van der Waals surface area contributed by atoms with E-state index in [4.69, 9.17) is 0 Å². The average Bonchev–Trinajstić information content (AvgIpc) is 2.68. The van der Waals surface area contributed by atoms with E-state index < -0.39 is 0 Å². The number of carbonyl (C=O) groups excluding carboxylic acids is 2. The molecule has 3 aromatic rings. The van der Waals surface area contributed by atoms with Gasteiger partial charge in [-0.25, -0.2) is 0 Å². The second-order valence-electron chi connectivity index (χ2n) is 7.08. The molecule has 0 atom stereocenters. The zero-order valence-electron chi connectivity index (χ0n) is 16.7. The Hall–Kier alpha value is -3.67. The smallest absolute Gasteiger partial charge is 0.257 e. The summed E-state index contributed by atoms with van der Waals surface area (Å²) in [6.07, 6.45) is 3.16. The first-order valence-electron chi connectivity index (χ1n) is 9.42. The minimum absolute atomic E-state index is 0.135. The average molecular weight is 388 g/mol. The second kappa shape index (κ2) is 9.01. The zero-order chi connectivity index (χ0) is 20.8. The van der Waals surface area contributed by atoms with Crippen molar-refractivity contribution in [1.82, 2.24) is 4.98 Å². The molecule has 0 aliphatic heterocycles. The number of nitrogens with one attached hydrogen (secondary N) is 3. The molecule has 2 aromatic carbocycles. The van der Waals surface area contributed by atoms with Gasteiger partial charge in [0.25, 0.3) is 5.91 Å². The first kappa shape index (κ1) is 20.1. The van der Waals surface area contributed by atoms with Crippen LogP contribution in [-0.4, -0.2) is 16.8 Å². The summed E-state index contributed by atoms with van der Waals surface area (Å²) in [6, 6.07) is 16.9. The van der Waals surface area contributed by atoms with Gasteiger partial charge in [0.2, 0.25) is 5.91 Å². The molecule has 6 heteroatoms. The Labute approximate surface area is 170 Å². The second-order valence-corrected chi connectivity index (χ2v) is 7.08. The lowest BCUT2D eigenvalue weighted by atomic mass is 10.0. The molecule has 1 heterocycles. The molecule has 0 bridgehead atoms. The van der Waals surface area contributed by atoms with Gasteiger partial charge in [0.1, 0.15) is 0 Å². The number of hydrogen-bond acceptors (Lipinski definition) is 4. The zero-order valence-corrected chi connectivity index (χ0v) is 16.7. The molecule has 6 nitrogen and oxygen atoms in total. The molecule has 0 fully saturated rings. The van der Waals surface area contributed by atoms with Crippen LogP contribution < -0.4 is 16.0 Å². The number of rotatable bonds is 6. The lowest BCUT2D eigenvalue weighted by Gasteiger charge is -2.11. The number of benzene rings is 2. The van der Waals surface area contributed by atoms with E-state index in [2.05, 4.69) is 34.8 Å². The number of amides is 2. The highest BCUT2D eigenvalue weighted by Crippen LogP contribution is 2.21. The molecule has 0 spiro atoms. The van der Waals surface area contributed by atoms with Gasteiger partial charge in [0.05, 0.1) is 17.4 Å². The number of pyridine rings is 1. The van der Waals surface area contributed by atoms with Crippen LogP contribution >= 0.6 is 0 Å². The van der Waals surface area contributed by atoms with Crippen molar-refractivity contribution in [2.24, 2.45) is 0 Å². The van der Waals surface area contributed by atoms with Crippen LogP contribution in [0.25, 0.3) is 0 Å². The molecule has 3 rings (SSSR count). The molecule has 0 saturated carbocycles. The van der Waals surface area contributed by atoms with E-state index >= 15 is 0 Å². The van der Waals surface area contributed by atoms with Gasteiger partial charge >= 0.3 is 0 Å². The summed E-state index contributed by atoms with van der Waals surface area (Å²) in [7, 11) is 0. The highest BCUT2D eigenvalue weighted by molar-refractivity contribution is 6.04. The predicted molar refractivity (Wildman–Crippen MR) is 117 cm³/mol. The van der Waals surface area contributed by atoms with Crippen LogP contribution in [-0.2, 0) is 4.79 Å². The van der Waals surface area contributed by atoms with Gasteiger partial charge in [0, 0.05) is 30.2 Å². The van der Waals surface area contributed by atoms with Crippen molar-refractivity contribution in [2.45, 2.75) is 26.7 Å². The Bertz CT molecular complexity index is 1010. The van der Waals surface area contributed by atoms with Crippen molar-refractivity contribution < 1.29 is 9.59 Å². The van der Waals surface area contributed by atoms with Crippen LogP contribution in [0.4, 0.5) is 22.7 Å². The lowest BCUT2D eigenvalue weighted by Crippen LogP contribution is -2.12. The molecule has 1 aromatic heterocycles. The van der Waals surface area contributed by atoms with Crippen molar-refractivity contribution >= 4 is 34.6 Å². The molecule has 29 heavy (non-hydrogen) atoms. The van der Waals surface area contributed by atoms with Crippen LogP contribution in [0.2, 0.25) is 0 Å². The van der Waals surface area contributed by atoms with E-state index in [9.17, 15) is 9.59 Å². The van der Waals surface area contributed by atoms with Gasteiger partial charge in [-0.05, 0) is 47.9 Å². The highest BCUT2D eigenvalue weighted by Gasteiger charge is 2.09. The van der Waals surface area contributed by atoms with Gasteiger partial charge in [-0.3, -0.25) is 14.6 Å². The summed E-state index contributed by atoms with van der Waals surface area (Å²) < 4.78 is 0. The van der Waals surface area contributed by atoms with Gasteiger partial charge in [0.15, 0.2) is 0 Å². The Morgan fingerprint density at radius 2 is 1.55 bits per heavy atom. The van der Waals surface area contributed by atoms with Crippen LogP contribution in [0.3, 0.4) is 0 Å². The van der Waals surface area contributed by atoms with Crippen molar-refractivity contribution in [2.75, 3.05) is 16.0 Å². The third kappa shape index (κ3) is 5.65. The van der Waals surface area contributed by atoms with E-state index in [1.54, 1.807) is 18.3 Å². The number of anilines is 4. The van der Waals surface area contributed by atoms with Gasteiger partial charge in [-0.2, -0.15) is 0 Å². The van der Waals surface area contributed by atoms with Crippen molar-refractivity contribution in [3.05, 3.63) is 78.1 Å². The SMILES string of the molecule is CC(=O)Nc1cccc(Nc2cncc(C(=O)Nc3ccc(C(C)C)cc3)c2)c1. The minimum atomic E-state index is -0.231.